The van der Waals surface area contributed by atoms with Gasteiger partial charge in [0.2, 0.25) is 0 Å². The standard InChI is InChI=1S/C14H18N2O4/c1-20-14(17)12-7-9-15(10-12)8-6-11-4-2-3-5-13(11)16(18)19/h2-5,12H,6-10H2,1H3. The minimum absolute atomic E-state index is 0.0641. The first kappa shape index (κ1) is 14.5. The zero-order valence-electron chi connectivity index (χ0n) is 11.4. The van der Waals surface area contributed by atoms with Crippen LogP contribution in [0, 0.1) is 16.0 Å². The number of carbonyl (C=O) groups excluding carboxylic acids is 1. The first-order valence-electron chi connectivity index (χ1n) is 6.64. The zero-order chi connectivity index (χ0) is 14.5. The zero-order valence-corrected chi connectivity index (χ0v) is 11.4. The van der Waals surface area contributed by atoms with E-state index in [9.17, 15) is 14.9 Å². The molecule has 1 aliphatic heterocycles. The lowest BCUT2D eigenvalue weighted by molar-refractivity contribution is -0.385. The molecule has 20 heavy (non-hydrogen) atoms. The maximum atomic E-state index is 11.4. The number of methoxy groups -OCH3 is 1. The van der Waals surface area contributed by atoms with Crippen molar-refractivity contribution < 1.29 is 14.5 Å². The topological polar surface area (TPSA) is 72.7 Å². The van der Waals surface area contributed by atoms with E-state index in [1.807, 2.05) is 6.07 Å². The predicted octanol–water partition coefficient (Wildman–Crippen LogP) is 1.63. The van der Waals surface area contributed by atoms with Crippen LogP contribution in [0.15, 0.2) is 24.3 Å². The monoisotopic (exact) mass is 278 g/mol. The quantitative estimate of drug-likeness (QED) is 0.465. The van der Waals surface area contributed by atoms with Crippen LogP contribution in [0.1, 0.15) is 12.0 Å². The Morgan fingerprint density at radius 1 is 1.50 bits per heavy atom. The molecule has 2 rings (SSSR count). The normalized spacial score (nSPS) is 18.9. The fourth-order valence-electron chi connectivity index (χ4n) is 2.57. The van der Waals surface area contributed by atoms with Crippen LogP contribution in [0.25, 0.3) is 0 Å². The van der Waals surface area contributed by atoms with E-state index in [-0.39, 0.29) is 22.5 Å². The molecule has 0 bridgehead atoms. The highest BCUT2D eigenvalue weighted by Gasteiger charge is 2.28. The lowest BCUT2D eigenvalue weighted by atomic mass is 10.1. The molecule has 1 aliphatic rings. The Morgan fingerprint density at radius 3 is 2.95 bits per heavy atom. The summed E-state index contributed by atoms with van der Waals surface area (Å²) in [6, 6.07) is 6.79. The Hall–Kier alpha value is -1.95. The third-order valence-electron chi connectivity index (χ3n) is 3.69. The van der Waals surface area contributed by atoms with E-state index in [0.717, 1.165) is 25.1 Å². The maximum Gasteiger partial charge on any atom is 0.310 e. The average Bonchev–Trinajstić information content (AvgIpc) is 2.93. The third kappa shape index (κ3) is 3.33. The molecule has 0 aromatic heterocycles. The smallest absolute Gasteiger partial charge is 0.310 e. The molecule has 0 spiro atoms. The number of benzene rings is 1. The van der Waals surface area contributed by atoms with E-state index in [4.69, 9.17) is 4.74 Å². The summed E-state index contributed by atoms with van der Waals surface area (Å²) in [5.41, 5.74) is 0.898. The van der Waals surface area contributed by atoms with Crippen LogP contribution >= 0.6 is 0 Å². The van der Waals surface area contributed by atoms with Crippen LogP contribution in [-0.2, 0) is 16.0 Å². The summed E-state index contributed by atoms with van der Waals surface area (Å²) in [5.74, 6) is -0.232. The molecule has 1 fully saturated rings. The van der Waals surface area contributed by atoms with Gasteiger partial charge in [0.1, 0.15) is 0 Å². The molecule has 1 unspecified atom stereocenters. The molecule has 6 nitrogen and oxygen atoms in total. The number of ether oxygens (including phenoxy) is 1. The Bertz CT molecular complexity index is 504. The Labute approximate surface area is 117 Å². The van der Waals surface area contributed by atoms with Crippen LogP contribution in [0.5, 0.6) is 0 Å². The van der Waals surface area contributed by atoms with Crippen LogP contribution < -0.4 is 0 Å². The first-order chi connectivity index (χ1) is 9.61. The van der Waals surface area contributed by atoms with Gasteiger partial charge < -0.3 is 9.64 Å². The molecule has 1 heterocycles. The van der Waals surface area contributed by atoms with Gasteiger partial charge in [-0.25, -0.2) is 0 Å². The van der Waals surface area contributed by atoms with Gasteiger partial charge in [-0.2, -0.15) is 0 Å². The molecule has 0 N–H and O–H groups in total. The minimum atomic E-state index is -0.351. The van der Waals surface area contributed by atoms with E-state index in [0.29, 0.717) is 13.0 Å². The van der Waals surface area contributed by atoms with Gasteiger partial charge in [0.05, 0.1) is 18.0 Å². The fourth-order valence-corrected chi connectivity index (χ4v) is 2.57. The highest BCUT2D eigenvalue weighted by atomic mass is 16.6. The molecule has 0 saturated carbocycles. The average molecular weight is 278 g/mol. The highest BCUT2D eigenvalue weighted by molar-refractivity contribution is 5.72. The molecule has 0 radical (unpaired) electrons. The Kier molecular flexibility index (Phi) is 4.68. The van der Waals surface area contributed by atoms with Gasteiger partial charge in [0, 0.05) is 24.7 Å². The van der Waals surface area contributed by atoms with Crippen LogP contribution in [-0.4, -0.2) is 42.5 Å². The van der Waals surface area contributed by atoms with Crippen LogP contribution in [0.3, 0.4) is 0 Å². The molecule has 1 aromatic carbocycles. The van der Waals surface area contributed by atoms with Gasteiger partial charge in [-0.1, -0.05) is 18.2 Å². The number of para-hydroxylation sites is 1. The number of hydrogen-bond acceptors (Lipinski definition) is 5. The van der Waals surface area contributed by atoms with E-state index >= 15 is 0 Å². The first-order valence-corrected chi connectivity index (χ1v) is 6.64. The largest absolute Gasteiger partial charge is 0.469 e. The second kappa shape index (κ2) is 6.47. The van der Waals surface area contributed by atoms with Gasteiger partial charge in [0.15, 0.2) is 0 Å². The molecule has 108 valence electrons. The summed E-state index contributed by atoms with van der Waals surface area (Å²) < 4.78 is 4.74. The summed E-state index contributed by atoms with van der Waals surface area (Å²) in [6.45, 7) is 2.23. The summed E-state index contributed by atoms with van der Waals surface area (Å²) in [5, 5.41) is 10.9. The van der Waals surface area contributed by atoms with Crippen molar-refractivity contribution in [2.75, 3.05) is 26.7 Å². The second-order valence-corrected chi connectivity index (χ2v) is 4.95. The highest BCUT2D eigenvalue weighted by Crippen LogP contribution is 2.21. The fraction of sp³-hybridized carbons (Fsp3) is 0.500. The lowest BCUT2D eigenvalue weighted by Crippen LogP contribution is -2.26. The summed E-state index contributed by atoms with van der Waals surface area (Å²) in [4.78, 5) is 24.2. The van der Waals surface area contributed by atoms with Crippen LogP contribution in [0.2, 0.25) is 0 Å². The van der Waals surface area contributed by atoms with Gasteiger partial charge in [-0.05, 0) is 19.4 Å². The summed E-state index contributed by atoms with van der Waals surface area (Å²) in [7, 11) is 1.40. The predicted molar refractivity (Wildman–Crippen MR) is 73.4 cm³/mol. The third-order valence-corrected chi connectivity index (χ3v) is 3.69. The summed E-state index contributed by atoms with van der Waals surface area (Å²) in [6.07, 6.45) is 1.41. The van der Waals surface area contributed by atoms with E-state index in [1.165, 1.54) is 13.2 Å². The van der Waals surface area contributed by atoms with Gasteiger partial charge in [0.25, 0.3) is 5.69 Å². The van der Waals surface area contributed by atoms with Crippen molar-refractivity contribution in [3.05, 3.63) is 39.9 Å². The van der Waals surface area contributed by atoms with Crippen molar-refractivity contribution in [2.24, 2.45) is 5.92 Å². The number of carbonyl (C=O) groups is 1. The number of rotatable bonds is 5. The number of nitrogens with zero attached hydrogens (tertiary/aromatic N) is 2. The van der Waals surface area contributed by atoms with E-state index in [2.05, 4.69) is 4.90 Å². The van der Waals surface area contributed by atoms with Crippen molar-refractivity contribution in [1.29, 1.82) is 0 Å². The Balaban J connectivity index is 1.91. The lowest BCUT2D eigenvalue weighted by Gasteiger charge is -2.15. The molecule has 1 saturated heterocycles. The van der Waals surface area contributed by atoms with Crippen molar-refractivity contribution in [2.45, 2.75) is 12.8 Å². The number of hydrogen-bond donors (Lipinski definition) is 0. The maximum absolute atomic E-state index is 11.4. The van der Waals surface area contributed by atoms with E-state index in [1.54, 1.807) is 12.1 Å². The molecule has 0 aliphatic carbocycles. The van der Waals surface area contributed by atoms with Crippen LogP contribution in [0.4, 0.5) is 5.69 Å². The van der Waals surface area contributed by atoms with Gasteiger partial charge >= 0.3 is 5.97 Å². The SMILES string of the molecule is COC(=O)C1CCN(CCc2ccccc2[N+](=O)[O-])C1. The number of nitro benzene ring substituents is 1. The Morgan fingerprint density at radius 2 is 2.25 bits per heavy atom. The van der Waals surface area contributed by atoms with Crippen molar-refractivity contribution >= 4 is 11.7 Å². The minimum Gasteiger partial charge on any atom is -0.469 e. The molecule has 0 amide bonds. The van der Waals surface area contributed by atoms with Crippen molar-refractivity contribution in [3.8, 4) is 0 Å². The number of esters is 1. The second-order valence-electron chi connectivity index (χ2n) is 4.95. The van der Waals surface area contributed by atoms with Crippen molar-refractivity contribution in [1.82, 2.24) is 4.90 Å². The molecular weight excluding hydrogens is 260 g/mol. The summed E-state index contributed by atoms with van der Waals surface area (Å²) >= 11 is 0. The molecule has 1 aromatic rings. The van der Waals surface area contributed by atoms with Crippen molar-refractivity contribution in [3.63, 3.8) is 0 Å². The van der Waals surface area contributed by atoms with Gasteiger partial charge in [-0.3, -0.25) is 14.9 Å². The van der Waals surface area contributed by atoms with E-state index < -0.39 is 0 Å². The molecule has 1 atom stereocenters. The number of nitro groups is 1. The molecular formula is C14H18N2O4. The molecule has 6 heteroatoms. The number of likely N-dealkylation sites (tertiary alicyclic amines) is 1. The van der Waals surface area contributed by atoms with Gasteiger partial charge in [-0.15, -0.1) is 0 Å².